The fourth-order valence-electron chi connectivity index (χ4n) is 4.24. The van der Waals surface area contributed by atoms with Gasteiger partial charge in [-0.05, 0) is 89.2 Å². The molecule has 0 unspecified atom stereocenters. The number of piperidine rings is 2. The summed E-state index contributed by atoms with van der Waals surface area (Å²) in [5.41, 5.74) is 0.596. The van der Waals surface area contributed by atoms with Crippen LogP contribution < -0.4 is 4.74 Å². The highest BCUT2D eigenvalue weighted by atomic mass is 16.5. The average Bonchev–Trinajstić information content (AvgIpc) is 2.62. The molecule has 0 bridgehead atoms. The van der Waals surface area contributed by atoms with Crippen molar-refractivity contribution >= 4 is 5.97 Å². The van der Waals surface area contributed by atoms with Crippen LogP contribution in [0.2, 0.25) is 0 Å². The van der Waals surface area contributed by atoms with Crippen molar-refractivity contribution in [2.45, 2.75) is 64.5 Å². The second kappa shape index (κ2) is 8.70. The maximum Gasteiger partial charge on any atom is 0.338 e. The molecule has 3 rings (SSSR count). The molecule has 0 aliphatic carbocycles. The summed E-state index contributed by atoms with van der Waals surface area (Å²) >= 11 is 0. The lowest BCUT2D eigenvalue weighted by Gasteiger charge is -2.44. The Balaban J connectivity index is 1.45. The highest BCUT2D eigenvalue weighted by molar-refractivity contribution is 5.89. The van der Waals surface area contributed by atoms with E-state index >= 15 is 0 Å². The average molecular weight is 345 g/mol. The van der Waals surface area contributed by atoms with Gasteiger partial charge in [-0.1, -0.05) is 6.42 Å². The van der Waals surface area contributed by atoms with E-state index in [1.54, 1.807) is 12.1 Å². The van der Waals surface area contributed by atoms with Crippen LogP contribution in [0.3, 0.4) is 0 Å². The smallest absolute Gasteiger partial charge is 0.338 e. The molecule has 0 saturated carbocycles. The zero-order valence-electron chi connectivity index (χ0n) is 15.6. The maximum atomic E-state index is 12.2. The van der Waals surface area contributed by atoms with Crippen LogP contribution in [-0.4, -0.2) is 42.7 Å². The van der Waals surface area contributed by atoms with Gasteiger partial charge in [0.1, 0.15) is 5.75 Å². The first kappa shape index (κ1) is 18.2. The number of rotatable bonds is 6. The van der Waals surface area contributed by atoms with Crippen molar-refractivity contribution in [1.82, 2.24) is 4.90 Å². The Labute approximate surface area is 151 Å². The molecular formula is C21H31NO3. The first-order valence-corrected chi connectivity index (χ1v) is 9.81. The molecule has 2 aliphatic heterocycles. The molecule has 138 valence electrons. The predicted molar refractivity (Wildman–Crippen MR) is 99.0 cm³/mol. The minimum Gasteiger partial charge on any atom is -0.491 e. The fourth-order valence-corrected chi connectivity index (χ4v) is 4.24. The molecule has 2 aliphatic rings. The van der Waals surface area contributed by atoms with Gasteiger partial charge in [0.15, 0.2) is 0 Å². The molecule has 0 amide bonds. The van der Waals surface area contributed by atoms with Gasteiger partial charge in [0.25, 0.3) is 0 Å². The van der Waals surface area contributed by atoms with Gasteiger partial charge in [0.05, 0.1) is 18.3 Å². The van der Waals surface area contributed by atoms with Crippen molar-refractivity contribution in [3.63, 3.8) is 0 Å². The predicted octanol–water partition coefficient (Wildman–Crippen LogP) is 4.29. The molecule has 0 aromatic heterocycles. The molecule has 1 aromatic carbocycles. The Morgan fingerprint density at radius 3 is 2.64 bits per heavy atom. The third kappa shape index (κ3) is 4.97. The molecule has 0 radical (unpaired) electrons. The van der Waals surface area contributed by atoms with E-state index in [2.05, 4.69) is 4.90 Å². The summed E-state index contributed by atoms with van der Waals surface area (Å²) in [6.07, 6.45) is 7.69. The molecule has 1 aromatic rings. The minimum atomic E-state index is -0.229. The number of esters is 1. The van der Waals surface area contributed by atoms with Crippen molar-refractivity contribution in [1.29, 1.82) is 0 Å². The van der Waals surface area contributed by atoms with Gasteiger partial charge >= 0.3 is 5.97 Å². The van der Waals surface area contributed by atoms with Gasteiger partial charge < -0.3 is 14.4 Å². The number of carbonyl (C=O) groups is 1. The quantitative estimate of drug-likeness (QED) is 0.721. The molecule has 2 atom stereocenters. The largest absolute Gasteiger partial charge is 0.491 e. The third-order valence-corrected chi connectivity index (χ3v) is 5.41. The number of nitrogens with zero attached hydrogens (tertiary/aromatic N) is 1. The van der Waals surface area contributed by atoms with Gasteiger partial charge in [0, 0.05) is 6.04 Å². The summed E-state index contributed by atoms with van der Waals surface area (Å²) in [5, 5.41) is 0. The molecule has 2 saturated heterocycles. The van der Waals surface area contributed by atoms with E-state index in [0.717, 1.165) is 12.2 Å². The lowest BCUT2D eigenvalue weighted by Crippen LogP contribution is -2.48. The zero-order chi connectivity index (χ0) is 17.6. The summed E-state index contributed by atoms with van der Waals surface area (Å²) in [6, 6.07) is 7.94. The molecule has 25 heavy (non-hydrogen) atoms. The zero-order valence-corrected chi connectivity index (χ0v) is 15.6. The molecular weight excluding hydrogens is 314 g/mol. The minimum absolute atomic E-state index is 0.132. The molecule has 4 heteroatoms. The van der Waals surface area contributed by atoms with Crippen molar-refractivity contribution < 1.29 is 14.3 Å². The summed E-state index contributed by atoms with van der Waals surface area (Å²) in [7, 11) is 0. The topological polar surface area (TPSA) is 38.8 Å². The number of benzene rings is 1. The van der Waals surface area contributed by atoms with E-state index < -0.39 is 0 Å². The molecule has 0 N–H and O–H groups in total. The monoisotopic (exact) mass is 345 g/mol. The first-order valence-electron chi connectivity index (χ1n) is 9.81. The maximum absolute atomic E-state index is 12.2. The summed E-state index contributed by atoms with van der Waals surface area (Å²) in [6.45, 7) is 7.01. The second-order valence-electron chi connectivity index (χ2n) is 7.62. The molecule has 4 nitrogen and oxygen atoms in total. The van der Waals surface area contributed by atoms with E-state index in [1.165, 1.54) is 45.2 Å². The first-order chi connectivity index (χ1) is 12.1. The van der Waals surface area contributed by atoms with E-state index in [9.17, 15) is 4.79 Å². The van der Waals surface area contributed by atoms with Gasteiger partial charge in [-0.3, -0.25) is 0 Å². The van der Waals surface area contributed by atoms with E-state index in [0.29, 0.717) is 24.1 Å². The van der Waals surface area contributed by atoms with Crippen LogP contribution in [0.1, 0.15) is 62.7 Å². The van der Waals surface area contributed by atoms with Crippen LogP contribution in [0.5, 0.6) is 5.75 Å². The highest BCUT2D eigenvalue weighted by Gasteiger charge is 2.32. The Morgan fingerprint density at radius 2 is 1.88 bits per heavy atom. The lowest BCUT2D eigenvalue weighted by molar-refractivity contribution is 0.0296. The van der Waals surface area contributed by atoms with E-state index in [-0.39, 0.29) is 12.1 Å². The number of hydrogen-bond donors (Lipinski definition) is 0. The standard InChI is InChI=1S/C21H31NO3/c1-16(2)25-19-10-8-18(9-11-19)21(23)24-15-12-17-6-5-14-22-13-4-3-7-20(17)22/h8-11,16-17,20H,3-7,12-15H2,1-2H3/t17-,20-/m1/s1. The van der Waals surface area contributed by atoms with Gasteiger partial charge in [0.2, 0.25) is 0 Å². The van der Waals surface area contributed by atoms with Gasteiger partial charge in [-0.25, -0.2) is 4.79 Å². The summed E-state index contributed by atoms with van der Waals surface area (Å²) in [4.78, 5) is 14.9. The van der Waals surface area contributed by atoms with Gasteiger partial charge in [-0.2, -0.15) is 0 Å². The second-order valence-corrected chi connectivity index (χ2v) is 7.62. The molecule has 2 fully saturated rings. The van der Waals surface area contributed by atoms with Crippen molar-refractivity contribution in [2.24, 2.45) is 5.92 Å². The van der Waals surface area contributed by atoms with Crippen LogP contribution in [0, 0.1) is 5.92 Å². The molecule has 2 heterocycles. The van der Waals surface area contributed by atoms with Crippen LogP contribution in [0.4, 0.5) is 0 Å². The number of hydrogen-bond acceptors (Lipinski definition) is 4. The Bertz CT molecular complexity index is 553. The summed E-state index contributed by atoms with van der Waals surface area (Å²) in [5.74, 6) is 1.24. The summed E-state index contributed by atoms with van der Waals surface area (Å²) < 4.78 is 11.1. The van der Waals surface area contributed by atoms with Crippen molar-refractivity contribution in [3.05, 3.63) is 29.8 Å². The van der Waals surface area contributed by atoms with Crippen molar-refractivity contribution in [3.8, 4) is 5.75 Å². The van der Waals surface area contributed by atoms with Crippen LogP contribution >= 0.6 is 0 Å². The third-order valence-electron chi connectivity index (χ3n) is 5.41. The van der Waals surface area contributed by atoms with E-state index in [4.69, 9.17) is 9.47 Å². The lowest BCUT2D eigenvalue weighted by atomic mass is 9.82. The Kier molecular flexibility index (Phi) is 6.35. The number of fused-ring (bicyclic) bond motifs is 1. The Hall–Kier alpha value is -1.55. The SMILES string of the molecule is CC(C)Oc1ccc(C(=O)OCC[C@H]2CCCN3CCCC[C@H]23)cc1. The normalized spacial score (nSPS) is 24.0. The Morgan fingerprint density at radius 1 is 1.12 bits per heavy atom. The number of carbonyl (C=O) groups excluding carboxylic acids is 1. The fraction of sp³-hybridized carbons (Fsp3) is 0.667. The van der Waals surface area contributed by atoms with Crippen LogP contribution in [-0.2, 0) is 4.74 Å². The van der Waals surface area contributed by atoms with Crippen LogP contribution in [0.15, 0.2) is 24.3 Å². The van der Waals surface area contributed by atoms with E-state index in [1.807, 2.05) is 26.0 Å². The highest BCUT2D eigenvalue weighted by Crippen LogP contribution is 2.32. The number of ether oxygens (including phenoxy) is 2. The van der Waals surface area contributed by atoms with Gasteiger partial charge in [-0.15, -0.1) is 0 Å². The van der Waals surface area contributed by atoms with Crippen molar-refractivity contribution in [2.75, 3.05) is 19.7 Å². The van der Waals surface area contributed by atoms with Crippen LogP contribution in [0.25, 0.3) is 0 Å². The molecule has 0 spiro atoms.